The van der Waals surface area contributed by atoms with Crippen LogP contribution in [-0.2, 0) is 31.1 Å². The predicted octanol–water partition coefficient (Wildman–Crippen LogP) is 2.60. The standard InChI is InChI=1S/C16H24N3O5P/c1-3-23-25(22,24-4-2)11-19-14-8-6-5-7-13(14)18-15(19)10-9-12(17)16(20)21/h5-8,12H,3-4,9-11,17H2,1-2H3,(H,20,21)/t12-/m0/s1. The molecule has 0 fully saturated rings. The maximum absolute atomic E-state index is 12.9. The maximum Gasteiger partial charge on any atom is 0.350 e. The zero-order valence-corrected chi connectivity index (χ0v) is 15.3. The fourth-order valence-corrected chi connectivity index (χ4v) is 4.25. The molecule has 0 aliphatic heterocycles. The molecule has 8 nitrogen and oxygen atoms in total. The van der Waals surface area contributed by atoms with Gasteiger partial charge >= 0.3 is 13.6 Å². The topological polar surface area (TPSA) is 117 Å². The van der Waals surface area contributed by atoms with E-state index in [2.05, 4.69) is 4.98 Å². The van der Waals surface area contributed by atoms with Crippen molar-refractivity contribution < 1.29 is 23.5 Å². The number of fused-ring (bicyclic) bond motifs is 1. The normalized spacial score (nSPS) is 13.2. The summed E-state index contributed by atoms with van der Waals surface area (Å²) in [6, 6.07) is 6.46. The summed E-state index contributed by atoms with van der Waals surface area (Å²) in [6.45, 7) is 4.04. The van der Waals surface area contributed by atoms with Gasteiger partial charge in [0.05, 0.1) is 24.2 Å². The van der Waals surface area contributed by atoms with E-state index in [4.69, 9.17) is 19.9 Å². The second kappa shape index (κ2) is 8.58. The summed E-state index contributed by atoms with van der Waals surface area (Å²) in [4.78, 5) is 15.5. The van der Waals surface area contributed by atoms with Crippen molar-refractivity contribution in [3.63, 3.8) is 0 Å². The molecule has 0 saturated heterocycles. The van der Waals surface area contributed by atoms with Crippen LogP contribution in [0.5, 0.6) is 0 Å². The summed E-state index contributed by atoms with van der Waals surface area (Å²) < 4.78 is 25.4. The minimum Gasteiger partial charge on any atom is -0.480 e. The number of imidazole rings is 1. The van der Waals surface area contributed by atoms with Crippen LogP contribution in [0, 0.1) is 0 Å². The fourth-order valence-electron chi connectivity index (χ4n) is 2.57. The summed E-state index contributed by atoms with van der Waals surface area (Å²) in [6.07, 6.45) is 0.597. The molecular formula is C16H24N3O5P. The minimum absolute atomic E-state index is 0.0207. The molecular weight excluding hydrogens is 345 g/mol. The van der Waals surface area contributed by atoms with Gasteiger partial charge in [-0.2, -0.15) is 0 Å². The molecule has 25 heavy (non-hydrogen) atoms. The number of aromatic nitrogens is 2. The highest BCUT2D eigenvalue weighted by atomic mass is 31.2. The SMILES string of the molecule is CCOP(=O)(Cn1c(CC[C@H](N)C(=O)O)nc2ccccc21)OCC. The number of carbonyl (C=O) groups is 1. The number of hydrogen-bond donors (Lipinski definition) is 2. The van der Waals surface area contributed by atoms with E-state index >= 15 is 0 Å². The van der Waals surface area contributed by atoms with Crippen molar-refractivity contribution >= 4 is 24.6 Å². The third-order valence-electron chi connectivity index (χ3n) is 3.70. The molecule has 1 heterocycles. The summed E-state index contributed by atoms with van der Waals surface area (Å²) >= 11 is 0. The Morgan fingerprint density at radius 2 is 1.96 bits per heavy atom. The van der Waals surface area contributed by atoms with E-state index in [1.807, 2.05) is 24.3 Å². The average molecular weight is 369 g/mol. The summed E-state index contributed by atoms with van der Waals surface area (Å²) in [7, 11) is -3.33. The first-order valence-corrected chi connectivity index (χ1v) is 9.93. The summed E-state index contributed by atoms with van der Waals surface area (Å²) in [5.41, 5.74) is 7.12. The van der Waals surface area contributed by atoms with Crippen molar-refractivity contribution in [1.82, 2.24) is 9.55 Å². The van der Waals surface area contributed by atoms with Crippen LogP contribution in [0.15, 0.2) is 24.3 Å². The second-order valence-corrected chi connectivity index (χ2v) is 7.54. The third-order valence-corrected chi connectivity index (χ3v) is 5.63. The monoisotopic (exact) mass is 369 g/mol. The van der Waals surface area contributed by atoms with Gasteiger partial charge in [0.1, 0.15) is 18.2 Å². The highest BCUT2D eigenvalue weighted by Crippen LogP contribution is 2.50. The lowest BCUT2D eigenvalue weighted by Crippen LogP contribution is -2.30. The molecule has 1 aromatic heterocycles. The fraction of sp³-hybridized carbons (Fsp3) is 0.500. The van der Waals surface area contributed by atoms with Gasteiger partial charge in [-0.3, -0.25) is 9.36 Å². The smallest absolute Gasteiger partial charge is 0.350 e. The number of nitrogens with two attached hydrogens (primary N) is 1. The molecule has 1 aromatic carbocycles. The first-order valence-electron chi connectivity index (χ1n) is 8.21. The van der Waals surface area contributed by atoms with Crippen molar-refractivity contribution in [3.8, 4) is 0 Å². The molecule has 0 radical (unpaired) electrons. The Morgan fingerprint density at radius 3 is 2.56 bits per heavy atom. The molecule has 2 aromatic rings. The number of nitrogens with zero attached hydrogens (tertiary/aromatic N) is 2. The second-order valence-electron chi connectivity index (χ2n) is 5.52. The van der Waals surface area contributed by atoms with Crippen molar-refractivity contribution in [3.05, 3.63) is 30.1 Å². The van der Waals surface area contributed by atoms with Crippen LogP contribution in [0.4, 0.5) is 0 Å². The lowest BCUT2D eigenvalue weighted by atomic mass is 10.1. The van der Waals surface area contributed by atoms with Gasteiger partial charge in [0.25, 0.3) is 0 Å². The van der Waals surface area contributed by atoms with Gasteiger partial charge in [0.2, 0.25) is 0 Å². The van der Waals surface area contributed by atoms with Gasteiger partial charge in [0.15, 0.2) is 0 Å². The van der Waals surface area contributed by atoms with E-state index in [1.165, 1.54) is 0 Å². The first-order chi connectivity index (χ1) is 11.9. The third kappa shape index (κ3) is 4.89. The predicted molar refractivity (Wildman–Crippen MR) is 94.5 cm³/mol. The van der Waals surface area contributed by atoms with E-state index in [-0.39, 0.29) is 25.9 Å². The highest BCUT2D eigenvalue weighted by Gasteiger charge is 2.27. The Kier molecular flexibility index (Phi) is 6.72. The number of carboxylic acids is 1. The number of benzene rings is 1. The van der Waals surface area contributed by atoms with Crippen molar-refractivity contribution in [2.24, 2.45) is 5.73 Å². The van der Waals surface area contributed by atoms with Crippen LogP contribution in [-0.4, -0.2) is 39.9 Å². The number of aliphatic carboxylic acids is 1. The number of carboxylic acid groups (broad SMARTS) is 1. The summed E-state index contributed by atoms with van der Waals surface area (Å²) in [5, 5.41) is 8.96. The molecule has 138 valence electrons. The molecule has 3 N–H and O–H groups in total. The Labute approximate surface area is 146 Å². The van der Waals surface area contributed by atoms with E-state index < -0.39 is 19.6 Å². The van der Waals surface area contributed by atoms with E-state index in [9.17, 15) is 9.36 Å². The number of hydrogen-bond acceptors (Lipinski definition) is 6. The molecule has 2 rings (SSSR count). The van der Waals surface area contributed by atoms with Gasteiger partial charge < -0.3 is 24.5 Å². The minimum atomic E-state index is -3.33. The molecule has 1 atom stereocenters. The Hall–Kier alpha value is -1.73. The molecule has 9 heteroatoms. The van der Waals surface area contributed by atoms with Gasteiger partial charge in [-0.25, -0.2) is 4.98 Å². The van der Waals surface area contributed by atoms with Crippen LogP contribution in [0.1, 0.15) is 26.1 Å². The molecule has 0 unspecified atom stereocenters. The average Bonchev–Trinajstić information content (AvgIpc) is 2.90. The van der Waals surface area contributed by atoms with E-state index in [1.54, 1.807) is 18.4 Å². The number of rotatable bonds is 10. The number of aryl methyl sites for hydroxylation is 1. The summed E-state index contributed by atoms with van der Waals surface area (Å²) in [5.74, 6) is -0.450. The van der Waals surface area contributed by atoms with Crippen LogP contribution < -0.4 is 5.73 Å². The highest BCUT2D eigenvalue weighted by molar-refractivity contribution is 7.52. The number of para-hydroxylation sites is 2. The van der Waals surface area contributed by atoms with Gasteiger partial charge in [-0.1, -0.05) is 12.1 Å². The quantitative estimate of drug-likeness (QED) is 0.618. The maximum atomic E-state index is 12.9. The van der Waals surface area contributed by atoms with Gasteiger partial charge in [0, 0.05) is 6.42 Å². The lowest BCUT2D eigenvalue weighted by Gasteiger charge is -2.19. The van der Waals surface area contributed by atoms with Crippen LogP contribution in [0.2, 0.25) is 0 Å². The van der Waals surface area contributed by atoms with Crippen LogP contribution in [0.25, 0.3) is 11.0 Å². The molecule has 0 saturated carbocycles. The van der Waals surface area contributed by atoms with Crippen molar-refractivity contribution in [1.29, 1.82) is 0 Å². The molecule has 0 aliphatic rings. The lowest BCUT2D eigenvalue weighted by molar-refractivity contribution is -0.138. The van der Waals surface area contributed by atoms with Crippen molar-refractivity contribution in [2.45, 2.75) is 39.0 Å². The van der Waals surface area contributed by atoms with Crippen LogP contribution >= 0.6 is 7.60 Å². The van der Waals surface area contributed by atoms with Crippen molar-refractivity contribution in [2.75, 3.05) is 13.2 Å². The zero-order chi connectivity index (χ0) is 18.4. The van der Waals surface area contributed by atoms with E-state index in [0.29, 0.717) is 12.2 Å². The van der Waals surface area contributed by atoms with Gasteiger partial charge in [-0.15, -0.1) is 0 Å². The Morgan fingerprint density at radius 1 is 1.32 bits per heavy atom. The molecule has 0 aliphatic carbocycles. The van der Waals surface area contributed by atoms with Gasteiger partial charge in [-0.05, 0) is 32.4 Å². The molecule has 0 bridgehead atoms. The van der Waals surface area contributed by atoms with E-state index in [0.717, 1.165) is 11.0 Å². The Balaban J connectivity index is 2.36. The van der Waals surface area contributed by atoms with Crippen LogP contribution in [0.3, 0.4) is 0 Å². The zero-order valence-electron chi connectivity index (χ0n) is 14.4. The largest absolute Gasteiger partial charge is 0.480 e. The molecule has 0 amide bonds. The Bertz CT molecular complexity index is 766. The first kappa shape index (κ1) is 19.6. The molecule has 0 spiro atoms.